The molecule has 2 heterocycles. The number of halogens is 3. The van der Waals surface area contributed by atoms with Gasteiger partial charge in [0.05, 0.1) is 0 Å². The highest BCUT2D eigenvalue weighted by atomic mass is 19.4. The van der Waals surface area contributed by atoms with Crippen LogP contribution in [0.3, 0.4) is 0 Å². The lowest BCUT2D eigenvalue weighted by Gasteiger charge is -2.23. The van der Waals surface area contributed by atoms with Crippen LogP contribution in [0.25, 0.3) is 5.65 Å². The molecule has 2 aromatic rings. The number of hydrogen-bond acceptors (Lipinski definition) is 4. The first-order valence-electron chi connectivity index (χ1n) is 6.26. The fraction of sp³-hybridized carbons (Fsp3) is 0.583. The third kappa shape index (κ3) is 3.00. The molecule has 110 valence electrons. The van der Waals surface area contributed by atoms with Crippen molar-refractivity contribution in [3.05, 3.63) is 18.0 Å². The molecule has 0 fully saturated rings. The number of nitrogens with zero attached hydrogens (tertiary/aromatic N) is 4. The van der Waals surface area contributed by atoms with Gasteiger partial charge in [-0.1, -0.05) is 20.8 Å². The van der Waals surface area contributed by atoms with Crippen LogP contribution in [-0.2, 0) is 6.18 Å². The topological polar surface area (TPSA) is 55.1 Å². The molecule has 0 aliphatic carbocycles. The second-order valence-corrected chi connectivity index (χ2v) is 5.38. The van der Waals surface area contributed by atoms with E-state index in [1.54, 1.807) is 6.07 Å². The van der Waals surface area contributed by atoms with Crippen molar-refractivity contribution in [3.8, 4) is 0 Å². The molecule has 0 aliphatic rings. The molecular formula is C12H16F3N5. The predicted molar refractivity (Wildman–Crippen MR) is 68.3 cm³/mol. The van der Waals surface area contributed by atoms with Gasteiger partial charge >= 0.3 is 6.18 Å². The van der Waals surface area contributed by atoms with Gasteiger partial charge in [-0.25, -0.2) is 0 Å². The standard InChI is InChI=1S/C12H16F3N5/c1-4-11(2,3)7-16-8-5-6-9-17-18-10(12(13,14)15)20(9)19-8/h5-6H,4,7H2,1-3H3,(H,16,19). The summed E-state index contributed by atoms with van der Waals surface area (Å²) >= 11 is 0. The predicted octanol–water partition coefficient (Wildman–Crippen LogP) is 2.99. The van der Waals surface area contributed by atoms with Gasteiger partial charge in [0.1, 0.15) is 5.82 Å². The molecule has 0 saturated carbocycles. The molecule has 2 aromatic heterocycles. The Morgan fingerprint density at radius 3 is 2.50 bits per heavy atom. The Morgan fingerprint density at radius 2 is 1.90 bits per heavy atom. The number of aromatic nitrogens is 4. The monoisotopic (exact) mass is 287 g/mol. The van der Waals surface area contributed by atoms with Crippen LogP contribution in [0.4, 0.5) is 19.0 Å². The van der Waals surface area contributed by atoms with Gasteiger partial charge in [-0.2, -0.15) is 17.7 Å². The van der Waals surface area contributed by atoms with Crippen LogP contribution in [0.1, 0.15) is 33.0 Å². The number of alkyl halides is 3. The summed E-state index contributed by atoms with van der Waals surface area (Å²) in [6, 6.07) is 3.05. The molecular weight excluding hydrogens is 271 g/mol. The minimum atomic E-state index is -4.58. The van der Waals surface area contributed by atoms with Crippen molar-refractivity contribution < 1.29 is 13.2 Å². The van der Waals surface area contributed by atoms with E-state index in [1.807, 2.05) is 0 Å². The lowest BCUT2D eigenvalue weighted by Crippen LogP contribution is -2.23. The minimum Gasteiger partial charge on any atom is -0.368 e. The van der Waals surface area contributed by atoms with Gasteiger partial charge in [-0.05, 0) is 24.0 Å². The van der Waals surface area contributed by atoms with Crippen LogP contribution in [0.2, 0.25) is 0 Å². The van der Waals surface area contributed by atoms with Crippen molar-refractivity contribution in [2.45, 2.75) is 33.4 Å². The molecule has 0 aliphatic heterocycles. The molecule has 2 rings (SSSR count). The summed E-state index contributed by atoms with van der Waals surface area (Å²) in [7, 11) is 0. The van der Waals surface area contributed by atoms with Gasteiger partial charge in [0.25, 0.3) is 5.82 Å². The highest BCUT2D eigenvalue weighted by molar-refractivity contribution is 5.44. The van der Waals surface area contributed by atoms with Gasteiger partial charge in [0.15, 0.2) is 5.65 Å². The van der Waals surface area contributed by atoms with Crippen LogP contribution >= 0.6 is 0 Å². The zero-order valence-electron chi connectivity index (χ0n) is 11.5. The van der Waals surface area contributed by atoms with Crippen LogP contribution < -0.4 is 5.32 Å². The first-order chi connectivity index (χ1) is 9.23. The normalized spacial score (nSPS) is 12.9. The number of anilines is 1. The van der Waals surface area contributed by atoms with Gasteiger partial charge in [0.2, 0.25) is 0 Å². The summed E-state index contributed by atoms with van der Waals surface area (Å²) in [6.07, 6.45) is -3.63. The summed E-state index contributed by atoms with van der Waals surface area (Å²) in [5.74, 6) is -0.754. The molecule has 0 atom stereocenters. The number of hydrogen-bond donors (Lipinski definition) is 1. The average molecular weight is 287 g/mol. The van der Waals surface area contributed by atoms with E-state index in [0.29, 0.717) is 16.9 Å². The largest absolute Gasteiger partial charge is 0.453 e. The van der Waals surface area contributed by atoms with Crippen molar-refractivity contribution in [1.29, 1.82) is 0 Å². The first-order valence-corrected chi connectivity index (χ1v) is 6.26. The van der Waals surface area contributed by atoms with Crippen molar-refractivity contribution in [3.63, 3.8) is 0 Å². The smallest absolute Gasteiger partial charge is 0.368 e. The molecule has 0 spiro atoms. The zero-order chi connectivity index (χ0) is 15.0. The van der Waals surface area contributed by atoms with E-state index >= 15 is 0 Å². The van der Waals surface area contributed by atoms with Gasteiger partial charge < -0.3 is 5.32 Å². The highest BCUT2D eigenvalue weighted by Gasteiger charge is 2.37. The number of rotatable bonds is 4. The Hall–Kier alpha value is -1.86. The molecule has 0 aromatic carbocycles. The SMILES string of the molecule is CCC(C)(C)CNc1ccc2nnc(C(F)(F)F)n2n1. The summed E-state index contributed by atoms with van der Waals surface area (Å²) in [4.78, 5) is 0. The van der Waals surface area contributed by atoms with E-state index < -0.39 is 12.0 Å². The highest BCUT2D eigenvalue weighted by Crippen LogP contribution is 2.27. The minimum absolute atomic E-state index is 0.0384. The number of fused-ring (bicyclic) bond motifs is 1. The lowest BCUT2D eigenvalue weighted by molar-refractivity contribution is -0.146. The molecule has 0 bridgehead atoms. The molecule has 0 amide bonds. The Kier molecular flexibility index (Phi) is 3.58. The Balaban J connectivity index is 2.29. The lowest BCUT2D eigenvalue weighted by atomic mass is 9.90. The zero-order valence-corrected chi connectivity index (χ0v) is 11.5. The molecule has 0 radical (unpaired) electrons. The maximum Gasteiger partial charge on any atom is 0.453 e. The Morgan fingerprint density at radius 1 is 1.20 bits per heavy atom. The third-order valence-electron chi connectivity index (χ3n) is 3.22. The van der Waals surface area contributed by atoms with Gasteiger partial charge in [0, 0.05) is 6.54 Å². The summed E-state index contributed by atoms with van der Waals surface area (Å²) in [5.41, 5.74) is 0.106. The van der Waals surface area contributed by atoms with E-state index in [-0.39, 0.29) is 11.1 Å². The van der Waals surface area contributed by atoms with E-state index in [2.05, 4.69) is 41.4 Å². The van der Waals surface area contributed by atoms with Crippen LogP contribution in [0.15, 0.2) is 12.1 Å². The maximum atomic E-state index is 12.7. The van der Waals surface area contributed by atoms with Crippen LogP contribution in [0, 0.1) is 5.41 Å². The molecule has 20 heavy (non-hydrogen) atoms. The quantitative estimate of drug-likeness (QED) is 0.939. The van der Waals surface area contributed by atoms with E-state index in [9.17, 15) is 13.2 Å². The molecule has 8 heteroatoms. The third-order valence-corrected chi connectivity index (χ3v) is 3.22. The van der Waals surface area contributed by atoms with Crippen LogP contribution in [0.5, 0.6) is 0 Å². The van der Waals surface area contributed by atoms with Crippen molar-refractivity contribution in [2.75, 3.05) is 11.9 Å². The van der Waals surface area contributed by atoms with E-state index in [0.717, 1.165) is 6.42 Å². The Bertz CT molecular complexity index is 603. The van der Waals surface area contributed by atoms with Crippen molar-refractivity contribution in [1.82, 2.24) is 19.8 Å². The first kappa shape index (κ1) is 14.5. The number of nitrogens with one attached hydrogen (secondary N) is 1. The fourth-order valence-corrected chi connectivity index (χ4v) is 1.51. The van der Waals surface area contributed by atoms with Crippen LogP contribution in [-0.4, -0.2) is 26.4 Å². The second-order valence-electron chi connectivity index (χ2n) is 5.38. The van der Waals surface area contributed by atoms with Crippen molar-refractivity contribution in [2.24, 2.45) is 5.41 Å². The second kappa shape index (κ2) is 4.92. The molecule has 5 nitrogen and oxygen atoms in total. The molecule has 0 saturated heterocycles. The van der Waals surface area contributed by atoms with E-state index in [1.165, 1.54) is 6.07 Å². The van der Waals surface area contributed by atoms with E-state index in [4.69, 9.17) is 0 Å². The van der Waals surface area contributed by atoms with Gasteiger partial charge in [-0.15, -0.1) is 15.3 Å². The average Bonchev–Trinajstić information content (AvgIpc) is 2.79. The van der Waals surface area contributed by atoms with Crippen molar-refractivity contribution >= 4 is 11.5 Å². The summed E-state index contributed by atoms with van der Waals surface area (Å²) in [6.45, 7) is 6.81. The van der Waals surface area contributed by atoms with Gasteiger partial charge in [-0.3, -0.25) is 0 Å². The Labute approximate surface area is 114 Å². The summed E-state index contributed by atoms with van der Waals surface area (Å²) < 4.78 is 38.9. The maximum absolute atomic E-state index is 12.7. The fourth-order valence-electron chi connectivity index (χ4n) is 1.51. The molecule has 0 unspecified atom stereocenters. The summed E-state index contributed by atoms with van der Waals surface area (Å²) in [5, 5.41) is 13.5. The molecule has 1 N–H and O–H groups in total.